The minimum Gasteiger partial charge on any atom is -0.477 e. The highest BCUT2D eigenvalue weighted by atomic mass is 16.4. The number of aryl methyl sites for hydroxylation is 1. The van der Waals surface area contributed by atoms with E-state index in [-0.39, 0.29) is 5.69 Å². The summed E-state index contributed by atoms with van der Waals surface area (Å²) in [6.07, 6.45) is 1.52. The molecular weight excluding hydrogens is 170 g/mol. The molecule has 2 aromatic heterocycles. The van der Waals surface area contributed by atoms with E-state index in [2.05, 4.69) is 4.98 Å². The Morgan fingerprint density at radius 1 is 1.62 bits per heavy atom. The lowest BCUT2D eigenvalue weighted by Gasteiger charge is -1.96. The molecule has 0 amide bonds. The van der Waals surface area contributed by atoms with Crippen LogP contribution in [0.4, 0.5) is 0 Å². The van der Waals surface area contributed by atoms with Gasteiger partial charge in [0.1, 0.15) is 5.69 Å². The monoisotopic (exact) mass is 177 g/mol. The van der Waals surface area contributed by atoms with Gasteiger partial charge in [-0.05, 0) is 19.1 Å². The van der Waals surface area contributed by atoms with E-state index < -0.39 is 5.97 Å². The third-order valence-corrected chi connectivity index (χ3v) is 1.82. The van der Waals surface area contributed by atoms with Crippen LogP contribution in [0, 0.1) is 6.92 Å². The minimum absolute atomic E-state index is 0.0476. The molecular formula is C9H7NO3. The second-order valence-corrected chi connectivity index (χ2v) is 2.74. The van der Waals surface area contributed by atoms with Crippen LogP contribution in [0.5, 0.6) is 0 Å². The Bertz CT molecular complexity index is 473. The fourth-order valence-electron chi connectivity index (χ4n) is 1.25. The number of carbonyl (C=O) groups is 1. The molecule has 2 aromatic rings. The fraction of sp³-hybridized carbons (Fsp3) is 0.111. The summed E-state index contributed by atoms with van der Waals surface area (Å²) in [5.74, 6) is -1.02. The Labute approximate surface area is 73.8 Å². The molecule has 2 rings (SSSR count). The summed E-state index contributed by atoms with van der Waals surface area (Å²) in [6, 6.07) is 3.21. The highest BCUT2D eigenvalue weighted by Crippen LogP contribution is 2.18. The van der Waals surface area contributed by atoms with Crippen molar-refractivity contribution in [2.45, 2.75) is 6.92 Å². The van der Waals surface area contributed by atoms with Crippen molar-refractivity contribution in [3.05, 3.63) is 29.8 Å². The second kappa shape index (κ2) is 2.58. The number of fused-ring (bicyclic) bond motifs is 1. The van der Waals surface area contributed by atoms with Crippen molar-refractivity contribution in [2.75, 3.05) is 0 Å². The van der Waals surface area contributed by atoms with E-state index >= 15 is 0 Å². The molecule has 0 fully saturated rings. The maximum atomic E-state index is 10.6. The van der Waals surface area contributed by atoms with Crippen LogP contribution in [0.3, 0.4) is 0 Å². The van der Waals surface area contributed by atoms with Gasteiger partial charge >= 0.3 is 5.97 Å². The highest BCUT2D eigenvalue weighted by molar-refractivity contribution is 5.91. The standard InChI is InChI=1S/C9H7NO3/c1-5-8-6(2-3-13-8)4-7(10-5)9(11)12/h2-4H,1H3,(H,11,12). The summed E-state index contributed by atoms with van der Waals surface area (Å²) >= 11 is 0. The van der Waals surface area contributed by atoms with Crippen LogP contribution in [0.25, 0.3) is 11.0 Å². The Morgan fingerprint density at radius 2 is 2.38 bits per heavy atom. The van der Waals surface area contributed by atoms with E-state index in [1.807, 2.05) is 0 Å². The van der Waals surface area contributed by atoms with Crippen molar-refractivity contribution in [3.8, 4) is 0 Å². The van der Waals surface area contributed by atoms with Crippen LogP contribution in [0.1, 0.15) is 16.2 Å². The van der Waals surface area contributed by atoms with Gasteiger partial charge in [-0.3, -0.25) is 0 Å². The second-order valence-electron chi connectivity index (χ2n) is 2.74. The molecule has 0 saturated carbocycles. The molecule has 66 valence electrons. The predicted molar refractivity (Wildman–Crippen MR) is 45.7 cm³/mol. The first-order valence-electron chi connectivity index (χ1n) is 3.76. The van der Waals surface area contributed by atoms with Crippen molar-refractivity contribution in [2.24, 2.45) is 0 Å². The molecule has 0 bridgehead atoms. The SMILES string of the molecule is Cc1nc(C(=O)O)cc2ccoc12. The van der Waals surface area contributed by atoms with Gasteiger partial charge in [0.15, 0.2) is 5.58 Å². The molecule has 0 unspecified atom stereocenters. The van der Waals surface area contributed by atoms with Crippen molar-refractivity contribution in [1.82, 2.24) is 4.98 Å². The van der Waals surface area contributed by atoms with E-state index in [9.17, 15) is 4.79 Å². The largest absolute Gasteiger partial charge is 0.477 e. The van der Waals surface area contributed by atoms with Crippen LogP contribution in [-0.2, 0) is 0 Å². The number of nitrogens with zero attached hydrogens (tertiary/aromatic N) is 1. The lowest BCUT2D eigenvalue weighted by molar-refractivity contribution is 0.0690. The Balaban J connectivity index is 2.77. The van der Waals surface area contributed by atoms with Gasteiger partial charge in [-0.2, -0.15) is 0 Å². The van der Waals surface area contributed by atoms with Crippen molar-refractivity contribution in [1.29, 1.82) is 0 Å². The minimum atomic E-state index is -1.02. The lowest BCUT2D eigenvalue weighted by Crippen LogP contribution is -2.00. The number of rotatable bonds is 1. The Morgan fingerprint density at radius 3 is 3.08 bits per heavy atom. The Hall–Kier alpha value is -1.84. The number of hydrogen-bond acceptors (Lipinski definition) is 3. The van der Waals surface area contributed by atoms with Gasteiger partial charge in [0.25, 0.3) is 0 Å². The van der Waals surface area contributed by atoms with E-state index in [4.69, 9.17) is 9.52 Å². The molecule has 0 aromatic carbocycles. The Kier molecular flexibility index (Phi) is 1.55. The third-order valence-electron chi connectivity index (χ3n) is 1.82. The first-order valence-corrected chi connectivity index (χ1v) is 3.76. The average molecular weight is 177 g/mol. The quantitative estimate of drug-likeness (QED) is 0.721. The van der Waals surface area contributed by atoms with Gasteiger partial charge < -0.3 is 9.52 Å². The number of carboxylic acids is 1. The van der Waals surface area contributed by atoms with Crippen LogP contribution < -0.4 is 0 Å². The maximum absolute atomic E-state index is 10.6. The molecule has 0 aliphatic heterocycles. The van der Waals surface area contributed by atoms with Crippen LogP contribution in [0.15, 0.2) is 22.8 Å². The van der Waals surface area contributed by atoms with Crippen LogP contribution >= 0.6 is 0 Å². The third kappa shape index (κ3) is 1.16. The average Bonchev–Trinajstić information content (AvgIpc) is 2.51. The van der Waals surface area contributed by atoms with E-state index in [1.54, 1.807) is 13.0 Å². The topological polar surface area (TPSA) is 63.3 Å². The summed E-state index contributed by atoms with van der Waals surface area (Å²) in [5.41, 5.74) is 1.29. The molecule has 0 aliphatic rings. The highest BCUT2D eigenvalue weighted by Gasteiger charge is 2.09. The van der Waals surface area contributed by atoms with Gasteiger partial charge in [-0.1, -0.05) is 0 Å². The van der Waals surface area contributed by atoms with Gasteiger partial charge in [0, 0.05) is 5.39 Å². The maximum Gasteiger partial charge on any atom is 0.354 e. The first kappa shape index (κ1) is 7.79. The zero-order valence-electron chi connectivity index (χ0n) is 6.94. The zero-order valence-corrected chi connectivity index (χ0v) is 6.94. The smallest absolute Gasteiger partial charge is 0.354 e. The molecule has 0 saturated heterocycles. The molecule has 0 radical (unpaired) electrons. The summed E-state index contributed by atoms with van der Waals surface area (Å²) in [7, 11) is 0. The molecule has 4 nitrogen and oxygen atoms in total. The van der Waals surface area contributed by atoms with E-state index in [1.165, 1.54) is 12.3 Å². The number of pyridine rings is 1. The zero-order chi connectivity index (χ0) is 9.42. The molecule has 1 N–H and O–H groups in total. The molecule has 2 heterocycles. The van der Waals surface area contributed by atoms with Crippen LogP contribution in [0.2, 0.25) is 0 Å². The van der Waals surface area contributed by atoms with Crippen LogP contribution in [-0.4, -0.2) is 16.1 Å². The van der Waals surface area contributed by atoms with Gasteiger partial charge in [0.05, 0.1) is 12.0 Å². The number of aromatic carboxylic acids is 1. The summed E-state index contributed by atoms with van der Waals surface area (Å²) in [6.45, 7) is 1.72. The molecule has 0 spiro atoms. The molecule has 4 heteroatoms. The molecule has 13 heavy (non-hydrogen) atoms. The predicted octanol–water partition coefficient (Wildman–Crippen LogP) is 1.83. The normalized spacial score (nSPS) is 10.5. The summed E-state index contributed by atoms with van der Waals surface area (Å²) < 4.78 is 5.13. The van der Waals surface area contributed by atoms with Crippen molar-refractivity contribution < 1.29 is 14.3 Å². The number of hydrogen-bond donors (Lipinski definition) is 1. The summed E-state index contributed by atoms with van der Waals surface area (Å²) in [5, 5.41) is 9.48. The molecule has 0 atom stereocenters. The number of carboxylic acid groups (broad SMARTS) is 1. The number of aromatic nitrogens is 1. The van der Waals surface area contributed by atoms with E-state index in [0.29, 0.717) is 11.3 Å². The first-order chi connectivity index (χ1) is 6.18. The fourth-order valence-corrected chi connectivity index (χ4v) is 1.25. The van der Waals surface area contributed by atoms with Gasteiger partial charge in [0.2, 0.25) is 0 Å². The van der Waals surface area contributed by atoms with Crippen molar-refractivity contribution in [3.63, 3.8) is 0 Å². The lowest BCUT2D eigenvalue weighted by atomic mass is 10.2. The molecule has 0 aliphatic carbocycles. The number of furan rings is 1. The van der Waals surface area contributed by atoms with Gasteiger partial charge in [-0.25, -0.2) is 9.78 Å². The van der Waals surface area contributed by atoms with E-state index in [0.717, 1.165) is 5.39 Å². The van der Waals surface area contributed by atoms with Crippen molar-refractivity contribution >= 4 is 16.9 Å². The summed E-state index contributed by atoms with van der Waals surface area (Å²) in [4.78, 5) is 14.5. The van der Waals surface area contributed by atoms with Gasteiger partial charge in [-0.15, -0.1) is 0 Å².